The summed E-state index contributed by atoms with van der Waals surface area (Å²) in [7, 11) is 0. The molecule has 0 saturated heterocycles. The number of halogens is 2. The maximum atomic E-state index is 14.9. The second kappa shape index (κ2) is 10.4. The second-order valence-electron chi connectivity index (χ2n) is 6.44. The highest BCUT2D eigenvalue weighted by atomic mass is 32.2. The van der Waals surface area contributed by atoms with E-state index in [4.69, 9.17) is 9.84 Å². The zero-order valence-electron chi connectivity index (χ0n) is 16.1. The Balaban J connectivity index is 1.88. The molecular weight excluding hydrogens is 432 g/mol. The lowest BCUT2D eigenvalue weighted by molar-refractivity contribution is 0.103. The molecule has 11 heteroatoms. The van der Waals surface area contributed by atoms with E-state index in [0.717, 1.165) is 6.07 Å². The molecule has 0 aliphatic carbocycles. The molecule has 2 N–H and O–H groups in total. The average Bonchev–Trinajstić information content (AvgIpc) is 2.75. The predicted octanol–water partition coefficient (Wildman–Crippen LogP) is 1.83. The minimum atomic E-state index is -2.42. The number of carbonyl (C=O) groups is 1. The summed E-state index contributed by atoms with van der Waals surface area (Å²) in [5.74, 6) is -2.71. The highest BCUT2D eigenvalue weighted by Gasteiger charge is 2.22. The van der Waals surface area contributed by atoms with E-state index < -0.39 is 34.2 Å². The first-order chi connectivity index (χ1) is 14.9. The van der Waals surface area contributed by atoms with E-state index in [0.29, 0.717) is 5.52 Å². The summed E-state index contributed by atoms with van der Waals surface area (Å²) in [6, 6.07) is 6.49. The van der Waals surface area contributed by atoms with E-state index in [1.807, 2.05) is 0 Å². The highest BCUT2D eigenvalue weighted by Crippen LogP contribution is 2.23. The fourth-order valence-corrected chi connectivity index (χ4v) is 3.24. The molecule has 0 aliphatic rings. The number of ketones is 1. The number of carbonyl (C=O) groups excluding carboxylic acids is 1. The average molecular weight is 450 g/mol. The largest absolute Gasteiger partial charge is 0.760 e. The molecule has 8 nitrogen and oxygen atoms in total. The van der Waals surface area contributed by atoms with E-state index in [9.17, 15) is 22.3 Å². The van der Waals surface area contributed by atoms with E-state index >= 15 is 0 Å². The molecule has 0 amide bonds. The van der Waals surface area contributed by atoms with Gasteiger partial charge in [-0.3, -0.25) is 9.00 Å². The van der Waals surface area contributed by atoms with E-state index in [-0.39, 0.29) is 55.1 Å². The van der Waals surface area contributed by atoms with Crippen molar-refractivity contribution in [1.29, 1.82) is 0 Å². The molecule has 0 aliphatic heterocycles. The molecule has 0 radical (unpaired) electrons. The van der Waals surface area contributed by atoms with Crippen molar-refractivity contribution in [2.45, 2.75) is 12.8 Å². The van der Waals surface area contributed by atoms with Crippen molar-refractivity contribution < 1.29 is 32.2 Å². The highest BCUT2D eigenvalue weighted by molar-refractivity contribution is 7.77. The van der Waals surface area contributed by atoms with Gasteiger partial charge in [-0.05, 0) is 42.7 Å². The third-order valence-corrected chi connectivity index (χ3v) is 4.80. The number of aliphatic hydroxyl groups is 1. The molecule has 2 aromatic carbocycles. The number of hydrogen-bond donors (Lipinski definition) is 2. The van der Waals surface area contributed by atoms with Gasteiger partial charge in [0.1, 0.15) is 18.2 Å². The van der Waals surface area contributed by atoms with Crippen LogP contribution >= 0.6 is 0 Å². The minimum Gasteiger partial charge on any atom is -0.760 e. The van der Waals surface area contributed by atoms with Crippen molar-refractivity contribution in [3.05, 3.63) is 64.9 Å². The van der Waals surface area contributed by atoms with Gasteiger partial charge in [0.05, 0.1) is 29.4 Å². The lowest BCUT2D eigenvalue weighted by Gasteiger charge is -2.11. The van der Waals surface area contributed by atoms with Crippen LogP contribution in [0.2, 0.25) is 0 Å². The summed E-state index contributed by atoms with van der Waals surface area (Å²) in [5.41, 5.74) is 0.154. The Morgan fingerprint density at radius 2 is 2.03 bits per heavy atom. The maximum absolute atomic E-state index is 14.9. The number of aromatic nitrogens is 2. The fraction of sp³-hybridized carbons (Fsp3) is 0.250. The van der Waals surface area contributed by atoms with Crippen molar-refractivity contribution in [3.63, 3.8) is 0 Å². The van der Waals surface area contributed by atoms with Gasteiger partial charge in [-0.15, -0.1) is 0 Å². The number of aryl methyl sites for hydroxylation is 1. The van der Waals surface area contributed by atoms with Gasteiger partial charge in [-0.1, -0.05) is 6.07 Å². The predicted molar refractivity (Wildman–Crippen MR) is 107 cm³/mol. The van der Waals surface area contributed by atoms with Crippen LogP contribution in [-0.2, 0) is 17.7 Å². The Bertz CT molecular complexity index is 1130. The quantitative estimate of drug-likeness (QED) is 0.274. The number of aliphatic hydroxyl groups excluding tert-OH is 1. The van der Waals surface area contributed by atoms with Crippen LogP contribution in [0.15, 0.2) is 36.5 Å². The van der Waals surface area contributed by atoms with Crippen LogP contribution < -0.4 is 9.46 Å². The first kappa shape index (κ1) is 22.8. The number of rotatable bonds is 10. The van der Waals surface area contributed by atoms with Crippen LogP contribution in [0.5, 0.6) is 5.88 Å². The Hall–Kier alpha value is -2.86. The SMILES string of the molecule is O=C(c1ccc2ncc(OCCO)nc2c1)c1c(F)ccc(CCCNS(=O)[O-])c1F. The van der Waals surface area contributed by atoms with Crippen molar-refractivity contribution in [2.75, 3.05) is 19.8 Å². The molecule has 0 spiro atoms. The molecule has 0 bridgehead atoms. The first-order valence-electron chi connectivity index (χ1n) is 9.25. The third kappa shape index (κ3) is 5.64. The number of ether oxygens (including phenoxy) is 1. The number of nitrogens with one attached hydrogen (secondary N) is 1. The van der Waals surface area contributed by atoms with Crippen LogP contribution in [0.4, 0.5) is 8.78 Å². The molecule has 0 saturated carbocycles. The Morgan fingerprint density at radius 1 is 1.23 bits per heavy atom. The number of benzene rings is 2. The van der Waals surface area contributed by atoms with E-state index in [2.05, 4.69) is 14.7 Å². The van der Waals surface area contributed by atoms with Crippen LogP contribution in [0.3, 0.4) is 0 Å². The fourth-order valence-electron chi connectivity index (χ4n) is 2.93. The van der Waals surface area contributed by atoms with Crippen molar-refractivity contribution in [1.82, 2.24) is 14.7 Å². The van der Waals surface area contributed by atoms with Crippen LogP contribution in [0.1, 0.15) is 27.9 Å². The molecule has 164 valence electrons. The van der Waals surface area contributed by atoms with E-state index in [1.54, 1.807) is 0 Å². The summed E-state index contributed by atoms with van der Waals surface area (Å²) >= 11 is -2.42. The van der Waals surface area contributed by atoms with Crippen molar-refractivity contribution in [3.8, 4) is 5.88 Å². The molecule has 1 aromatic heterocycles. The Labute approximate surface area is 178 Å². The number of nitrogens with zero attached hydrogens (tertiary/aromatic N) is 2. The standard InChI is InChI=1S/C20H19F2N3O5S/c21-14-5-3-12(2-1-7-24-31(28)29)19(22)18(14)20(27)13-4-6-15-16(10-13)25-17(11-23-15)30-9-8-26/h3-6,10-11,24,26H,1-2,7-9H2,(H,28,29)/p-1. The van der Waals surface area contributed by atoms with Gasteiger partial charge in [0.25, 0.3) is 0 Å². The van der Waals surface area contributed by atoms with Crippen molar-refractivity contribution >= 4 is 28.1 Å². The third-order valence-electron chi connectivity index (χ3n) is 4.36. The van der Waals surface area contributed by atoms with E-state index in [1.165, 1.54) is 30.5 Å². The molecule has 31 heavy (non-hydrogen) atoms. The maximum Gasteiger partial charge on any atom is 0.232 e. The van der Waals surface area contributed by atoms with Gasteiger partial charge in [0, 0.05) is 23.4 Å². The molecule has 1 atom stereocenters. The molecule has 1 heterocycles. The summed E-state index contributed by atoms with van der Waals surface area (Å²) in [6.07, 6.45) is 1.75. The lowest BCUT2D eigenvalue weighted by Crippen LogP contribution is -2.18. The molecule has 0 fully saturated rings. The summed E-state index contributed by atoms with van der Waals surface area (Å²) in [5, 5.41) is 8.83. The first-order valence-corrected chi connectivity index (χ1v) is 10.3. The van der Waals surface area contributed by atoms with Gasteiger partial charge >= 0.3 is 0 Å². The summed E-state index contributed by atoms with van der Waals surface area (Å²) in [4.78, 5) is 21.2. The lowest BCUT2D eigenvalue weighted by atomic mass is 9.97. The van der Waals surface area contributed by atoms with Crippen LogP contribution in [0, 0.1) is 11.6 Å². The Morgan fingerprint density at radius 3 is 2.77 bits per heavy atom. The minimum absolute atomic E-state index is 0.0134. The van der Waals surface area contributed by atoms with Gasteiger partial charge < -0.3 is 14.4 Å². The zero-order valence-corrected chi connectivity index (χ0v) is 17.0. The van der Waals surface area contributed by atoms with Gasteiger partial charge in [-0.2, -0.15) is 0 Å². The number of hydrogen-bond acceptors (Lipinski definition) is 7. The van der Waals surface area contributed by atoms with Gasteiger partial charge in [-0.25, -0.2) is 23.5 Å². The number of fused-ring (bicyclic) bond motifs is 1. The second-order valence-corrected chi connectivity index (χ2v) is 7.20. The molecular formula is C20H18F2N3O5S-. The normalized spacial score (nSPS) is 12.1. The smallest absolute Gasteiger partial charge is 0.232 e. The monoisotopic (exact) mass is 450 g/mol. The van der Waals surface area contributed by atoms with Crippen molar-refractivity contribution in [2.24, 2.45) is 0 Å². The molecule has 3 rings (SSSR count). The van der Waals surface area contributed by atoms with Gasteiger partial charge in [0.15, 0.2) is 5.78 Å². The topological polar surface area (TPSA) is 124 Å². The van der Waals surface area contributed by atoms with Gasteiger partial charge in [0.2, 0.25) is 5.88 Å². The van der Waals surface area contributed by atoms with Crippen LogP contribution in [-0.4, -0.2) is 49.4 Å². The molecule has 1 unspecified atom stereocenters. The Kier molecular flexibility index (Phi) is 7.69. The zero-order chi connectivity index (χ0) is 22.4. The summed E-state index contributed by atoms with van der Waals surface area (Å²) in [6.45, 7) is -0.111. The summed E-state index contributed by atoms with van der Waals surface area (Å²) < 4.78 is 57.6. The molecule has 3 aromatic rings. The van der Waals surface area contributed by atoms with Crippen LogP contribution in [0.25, 0.3) is 11.0 Å².